The van der Waals surface area contributed by atoms with E-state index in [2.05, 4.69) is 20.3 Å². The van der Waals surface area contributed by atoms with Crippen LogP contribution in [0.3, 0.4) is 0 Å². The molecule has 1 aliphatic rings. The van der Waals surface area contributed by atoms with Crippen LogP contribution in [0.2, 0.25) is 0 Å². The van der Waals surface area contributed by atoms with Crippen LogP contribution in [0.4, 0.5) is 0 Å². The lowest BCUT2D eigenvalue weighted by Gasteiger charge is -2.15. The molecule has 8 heteroatoms. The molecule has 0 aliphatic carbocycles. The first-order valence-electron chi connectivity index (χ1n) is 8.59. The number of aliphatic hydroxyl groups is 1. The maximum atomic E-state index is 10.1. The van der Waals surface area contributed by atoms with Gasteiger partial charge in [0.25, 0.3) is 0 Å². The van der Waals surface area contributed by atoms with Crippen molar-refractivity contribution in [2.45, 2.75) is 32.0 Å². The summed E-state index contributed by atoms with van der Waals surface area (Å²) in [5.74, 6) is 0.836. The van der Waals surface area contributed by atoms with Crippen molar-refractivity contribution < 1.29 is 9.84 Å². The van der Waals surface area contributed by atoms with Crippen molar-refractivity contribution >= 4 is 12.2 Å². The number of aryl methyl sites for hydroxylation is 1. The number of nitrogens with zero attached hydrogens (tertiary/aromatic N) is 5. The Bertz CT molecular complexity index is 582. The highest BCUT2D eigenvalue weighted by Gasteiger charge is 2.19. The first-order chi connectivity index (χ1) is 12.2. The molecule has 0 radical (unpaired) electrons. The van der Waals surface area contributed by atoms with E-state index in [0.717, 1.165) is 44.0 Å². The van der Waals surface area contributed by atoms with E-state index in [1.54, 1.807) is 33.0 Å². The Balaban J connectivity index is 1.70. The van der Waals surface area contributed by atoms with Crippen molar-refractivity contribution in [3.8, 4) is 0 Å². The Morgan fingerprint density at radius 2 is 2.28 bits per heavy atom. The van der Waals surface area contributed by atoms with Gasteiger partial charge in [0.2, 0.25) is 0 Å². The van der Waals surface area contributed by atoms with E-state index in [1.807, 2.05) is 21.7 Å². The van der Waals surface area contributed by atoms with Crippen molar-refractivity contribution in [3.05, 3.63) is 30.5 Å². The highest BCUT2D eigenvalue weighted by molar-refractivity contribution is 6.08. The van der Waals surface area contributed by atoms with E-state index in [-0.39, 0.29) is 0 Å². The molecule has 138 valence electrons. The molecule has 0 fully saturated rings. The predicted octanol–water partition coefficient (Wildman–Crippen LogP) is 0.864. The minimum atomic E-state index is -0.592. The molecule has 0 aromatic carbocycles. The number of amidine groups is 1. The van der Waals surface area contributed by atoms with E-state index in [9.17, 15) is 5.11 Å². The highest BCUT2D eigenvalue weighted by atomic mass is 16.5. The number of rotatable bonds is 11. The fraction of sp³-hybridized carbons (Fsp3) is 0.588. The van der Waals surface area contributed by atoms with Crippen LogP contribution in [0, 0.1) is 0 Å². The number of aromatic nitrogens is 2. The minimum Gasteiger partial charge on any atom is -0.385 e. The van der Waals surface area contributed by atoms with Crippen LogP contribution in [0.25, 0.3) is 0 Å². The molecule has 0 spiro atoms. The van der Waals surface area contributed by atoms with Crippen molar-refractivity contribution in [1.29, 1.82) is 0 Å². The second kappa shape index (κ2) is 10.8. The van der Waals surface area contributed by atoms with Crippen LogP contribution >= 0.6 is 0 Å². The molecule has 2 heterocycles. The monoisotopic (exact) mass is 348 g/mol. The SMILES string of the molecule is C/N=C1\C(=C/CC(O)NCCCn2ccnc2)N=CN1CCCOC. The first-order valence-corrected chi connectivity index (χ1v) is 8.59. The van der Waals surface area contributed by atoms with Crippen LogP contribution < -0.4 is 5.32 Å². The van der Waals surface area contributed by atoms with Gasteiger partial charge >= 0.3 is 0 Å². The van der Waals surface area contributed by atoms with Gasteiger partial charge in [0.1, 0.15) is 11.9 Å². The number of nitrogens with one attached hydrogen (secondary N) is 1. The lowest BCUT2D eigenvalue weighted by atomic mass is 10.2. The average Bonchev–Trinajstić information content (AvgIpc) is 3.26. The molecule has 25 heavy (non-hydrogen) atoms. The third-order valence-corrected chi connectivity index (χ3v) is 3.86. The van der Waals surface area contributed by atoms with Gasteiger partial charge in [0.15, 0.2) is 5.84 Å². The standard InChI is InChI=1S/C17H28N6O2/c1-18-17-15(21-14-23(17)10-4-12-25-2)5-6-16(24)20-7-3-9-22-11-8-19-13-22/h5,8,11,13-14,16,20,24H,3-4,6-7,9-10,12H2,1-2H3/b15-5+,18-17+. The molecule has 1 atom stereocenters. The summed E-state index contributed by atoms with van der Waals surface area (Å²) < 4.78 is 7.09. The third-order valence-electron chi connectivity index (χ3n) is 3.86. The van der Waals surface area contributed by atoms with Gasteiger partial charge in [-0.2, -0.15) is 0 Å². The zero-order valence-corrected chi connectivity index (χ0v) is 15.0. The minimum absolute atomic E-state index is 0.489. The van der Waals surface area contributed by atoms with Gasteiger partial charge in [-0.1, -0.05) is 6.08 Å². The topological polar surface area (TPSA) is 87.3 Å². The summed E-state index contributed by atoms with van der Waals surface area (Å²) in [6.07, 6.45) is 10.9. The van der Waals surface area contributed by atoms with Crippen LogP contribution in [-0.4, -0.2) is 71.8 Å². The largest absolute Gasteiger partial charge is 0.385 e. The van der Waals surface area contributed by atoms with Crippen LogP contribution in [0.15, 0.2) is 40.5 Å². The highest BCUT2D eigenvalue weighted by Crippen LogP contribution is 2.13. The molecule has 1 aromatic heterocycles. The summed E-state index contributed by atoms with van der Waals surface area (Å²) >= 11 is 0. The Morgan fingerprint density at radius 3 is 3.00 bits per heavy atom. The fourth-order valence-corrected chi connectivity index (χ4v) is 2.58. The molecule has 0 saturated heterocycles. The molecular weight excluding hydrogens is 320 g/mol. The number of imidazole rings is 1. The molecular formula is C17H28N6O2. The maximum Gasteiger partial charge on any atom is 0.154 e. The van der Waals surface area contributed by atoms with Gasteiger partial charge in [-0.25, -0.2) is 9.98 Å². The number of aliphatic hydroxyl groups excluding tert-OH is 1. The summed E-state index contributed by atoms with van der Waals surface area (Å²) in [6.45, 7) is 3.15. The van der Waals surface area contributed by atoms with E-state index < -0.39 is 6.23 Å². The summed E-state index contributed by atoms with van der Waals surface area (Å²) in [4.78, 5) is 14.7. The molecule has 0 amide bonds. The van der Waals surface area contributed by atoms with E-state index >= 15 is 0 Å². The summed E-state index contributed by atoms with van der Waals surface area (Å²) in [5.41, 5.74) is 0.805. The van der Waals surface area contributed by atoms with Crippen molar-refractivity contribution in [2.75, 3.05) is 33.9 Å². The van der Waals surface area contributed by atoms with Gasteiger partial charge in [-0.3, -0.25) is 10.3 Å². The summed E-state index contributed by atoms with van der Waals surface area (Å²) in [5, 5.41) is 13.2. The molecule has 8 nitrogen and oxygen atoms in total. The van der Waals surface area contributed by atoms with Crippen molar-refractivity contribution in [3.63, 3.8) is 0 Å². The molecule has 0 saturated carbocycles. The summed E-state index contributed by atoms with van der Waals surface area (Å²) in [6, 6.07) is 0. The summed E-state index contributed by atoms with van der Waals surface area (Å²) in [7, 11) is 3.45. The van der Waals surface area contributed by atoms with Crippen molar-refractivity contribution in [2.24, 2.45) is 9.98 Å². The fourth-order valence-electron chi connectivity index (χ4n) is 2.58. The van der Waals surface area contributed by atoms with Crippen LogP contribution in [0.1, 0.15) is 19.3 Å². The van der Waals surface area contributed by atoms with E-state index in [1.165, 1.54) is 0 Å². The van der Waals surface area contributed by atoms with Crippen molar-refractivity contribution in [1.82, 2.24) is 19.8 Å². The van der Waals surface area contributed by atoms with Gasteiger partial charge in [-0.15, -0.1) is 0 Å². The number of aliphatic imine (C=N–C) groups is 2. The quantitative estimate of drug-likeness (QED) is 0.458. The number of methoxy groups -OCH3 is 1. The Kier molecular flexibility index (Phi) is 8.30. The second-order valence-corrected chi connectivity index (χ2v) is 5.78. The van der Waals surface area contributed by atoms with Gasteiger partial charge < -0.3 is 19.3 Å². The number of ether oxygens (including phenoxy) is 1. The number of hydrogen-bond donors (Lipinski definition) is 2. The lowest BCUT2D eigenvalue weighted by Crippen LogP contribution is -2.30. The second-order valence-electron chi connectivity index (χ2n) is 5.78. The molecule has 1 aliphatic heterocycles. The van der Waals surface area contributed by atoms with Gasteiger partial charge in [0, 0.05) is 52.7 Å². The molecule has 1 aromatic rings. The van der Waals surface area contributed by atoms with E-state index in [0.29, 0.717) is 13.0 Å². The zero-order valence-electron chi connectivity index (χ0n) is 15.0. The lowest BCUT2D eigenvalue weighted by molar-refractivity contribution is 0.139. The number of hydrogen-bond acceptors (Lipinski definition) is 6. The van der Waals surface area contributed by atoms with E-state index in [4.69, 9.17) is 4.74 Å². The molecule has 2 N–H and O–H groups in total. The van der Waals surface area contributed by atoms with Gasteiger partial charge in [-0.05, 0) is 19.4 Å². The molecule has 2 rings (SSSR count). The Hall–Kier alpha value is -2.03. The Labute approximate surface area is 148 Å². The predicted molar refractivity (Wildman–Crippen MR) is 98.6 cm³/mol. The third kappa shape index (κ3) is 6.41. The van der Waals surface area contributed by atoms with Gasteiger partial charge in [0.05, 0.1) is 12.7 Å². The molecule has 0 bridgehead atoms. The maximum absolute atomic E-state index is 10.1. The normalized spacial score (nSPS) is 18.6. The van der Waals surface area contributed by atoms with Crippen LogP contribution in [-0.2, 0) is 11.3 Å². The molecule has 1 unspecified atom stereocenters. The first kappa shape index (κ1) is 19.3. The average molecular weight is 348 g/mol. The van der Waals surface area contributed by atoms with Crippen LogP contribution in [0.5, 0.6) is 0 Å². The Morgan fingerprint density at radius 1 is 1.40 bits per heavy atom. The smallest absolute Gasteiger partial charge is 0.154 e. The zero-order chi connectivity index (χ0) is 17.9.